The van der Waals surface area contributed by atoms with Crippen LogP contribution in [0.15, 0.2) is 66.7 Å². The van der Waals surface area contributed by atoms with Crippen LogP contribution in [0.3, 0.4) is 0 Å². The summed E-state index contributed by atoms with van der Waals surface area (Å²) in [4.78, 5) is 24.1. The predicted molar refractivity (Wildman–Crippen MR) is 104 cm³/mol. The molecule has 0 radical (unpaired) electrons. The number of rotatable bonds is 5. The van der Waals surface area contributed by atoms with Gasteiger partial charge in [-0.2, -0.15) is 0 Å². The number of nitrogens with one attached hydrogen (secondary N) is 2. The summed E-state index contributed by atoms with van der Waals surface area (Å²) in [6.45, 7) is -0.0711. The van der Waals surface area contributed by atoms with Crippen molar-refractivity contribution in [2.45, 2.75) is 6.10 Å². The Hall–Kier alpha value is -3.38. The third-order valence-corrected chi connectivity index (χ3v) is 4.17. The van der Waals surface area contributed by atoms with E-state index in [2.05, 4.69) is 10.6 Å². The zero-order valence-corrected chi connectivity index (χ0v) is 14.8. The molecule has 6 heteroatoms. The SMILES string of the molecule is COc1cccc(NC(=O)C(=O)NCC(O)c2cccc3ccccc23)c1. The molecule has 3 aromatic rings. The van der Waals surface area contributed by atoms with Crippen molar-refractivity contribution in [3.63, 3.8) is 0 Å². The van der Waals surface area contributed by atoms with Gasteiger partial charge in [-0.05, 0) is 28.5 Å². The number of benzene rings is 3. The highest BCUT2D eigenvalue weighted by atomic mass is 16.5. The first-order valence-electron chi connectivity index (χ1n) is 8.47. The molecule has 138 valence electrons. The summed E-state index contributed by atoms with van der Waals surface area (Å²) in [6, 6.07) is 20.0. The first kappa shape index (κ1) is 18.4. The predicted octanol–water partition coefficient (Wildman–Crippen LogP) is 2.64. The molecule has 2 amide bonds. The number of aliphatic hydroxyl groups excluding tert-OH is 1. The molecule has 0 aromatic heterocycles. The van der Waals surface area contributed by atoms with E-state index in [0.29, 0.717) is 17.0 Å². The van der Waals surface area contributed by atoms with Gasteiger partial charge < -0.3 is 20.5 Å². The van der Waals surface area contributed by atoms with Gasteiger partial charge in [-0.15, -0.1) is 0 Å². The summed E-state index contributed by atoms with van der Waals surface area (Å²) in [5, 5.41) is 17.3. The van der Waals surface area contributed by atoms with E-state index in [-0.39, 0.29) is 6.54 Å². The lowest BCUT2D eigenvalue weighted by atomic mass is 10.0. The van der Waals surface area contributed by atoms with E-state index in [0.717, 1.165) is 10.8 Å². The van der Waals surface area contributed by atoms with E-state index in [9.17, 15) is 14.7 Å². The van der Waals surface area contributed by atoms with E-state index in [4.69, 9.17) is 4.74 Å². The standard InChI is InChI=1S/C21H20N2O4/c1-27-16-9-5-8-15(12-16)23-21(26)20(25)22-13-19(24)18-11-4-7-14-6-2-3-10-17(14)18/h2-12,19,24H,13H2,1H3,(H,22,25)(H,23,26). The topological polar surface area (TPSA) is 87.7 Å². The molecular weight excluding hydrogens is 344 g/mol. The van der Waals surface area contributed by atoms with Gasteiger partial charge in [0.1, 0.15) is 5.75 Å². The summed E-state index contributed by atoms with van der Waals surface area (Å²) in [6.07, 6.45) is -0.926. The van der Waals surface area contributed by atoms with Crippen LogP contribution < -0.4 is 15.4 Å². The van der Waals surface area contributed by atoms with Crippen LogP contribution in [-0.4, -0.2) is 30.6 Å². The second-order valence-corrected chi connectivity index (χ2v) is 5.98. The van der Waals surface area contributed by atoms with Crippen LogP contribution in [0.1, 0.15) is 11.7 Å². The van der Waals surface area contributed by atoms with Crippen molar-refractivity contribution in [2.75, 3.05) is 19.0 Å². The van der Waals surface area contributed by atoms with Crippen molar-refractivity contribution in [2.24, 2.45) is 0 Å². The van der Waals surface area contributed by atoms with Gasteiger partial charge in [0, 0.05) is 18.3 Å². The van der Waals surface area contributed by atoms with E-state index in [1.165, 1.54) is 7.11 Å². The minimum atomic E-state index is -0.926. The largest absolute Gasteiger partial charge is 0.497 e. The van der Waals surface area contributed by atoms with Gasteiger partial charge in [-0.3, -0.25) is 9.59 Å². The quantitative estimate of drug-likeness (QED) is 0.608. The second-order valence-electron chi connectivity index (χ2n) is 5.98. The molecule has 6 nitrogen and oxygen atoms in total. The van der Waals surface area contributed by atoms with Crippen LogP contribution in [0, 0.1) is 0 Å². The molecule has 0 aliphatic rings. The number of carbonyl (C=O) groups excluding carboxylic acids is 2. The Balaban J connectivity index is 1.61. The smallest absolute Gasteiger partial charge is 0.313 e. The molecule has 0 spiro atoms. The molecule has 0 aliphatic heterocycles. The second kappa shape index (κ2) is 8.33. The molecule has 0 bridgehead atoms. The number of aliphatic hydroxyl groups is 1. The molecule has 0 saturated carbocycles. The van der Waals surface area contributed by atoms with E-state index < -0.39 is 17.9 Å². The summed E-state index contributed by atoms with van der Waals surface area (Å²) in [5.74, 6) is -1.06. The average Bonchev–Trinajstić information content (AvgIpc) is 2.71. The molecular formula is C21H20N2O4. The third kappa shape index (κ3) is 4.43. The van der Waals surface area contributed by atoms with Gasteiger partial charge in [0.2, 0.25) is 0 Å². The highest BCUT2D eigenvalue weighted by Crippen LogP contribution is 2.23. The van der Waals surface area contributed by atoms with Crippen LogP contribution in [0.5, 0.6) is 5.75 Å². The highest BCUT2D eigenvalue weighted by Gasteiger charge is 2.17. The van der Waals surface area contributed by atoms with Crippen molar-refractivity contribution in [3.05, 3.63) is 72.3 Å². The number of ether oxygens (including phenoxy) is 1. The van der Waals surface area contributed by atoms with Crippen LogP contribution >= 0.6 is 0 Å². The fourth-order valence-electron chi connectivity index (χ4n) is 2.81. The van der Waals surface area contributed by atoms with Crippen molar-refractivity contribution < 1.29 is 19.4 Å². The van der Waals surface area contributed by atoms with Gasteiger partial charge in [-0.25, -0.2) is 0 Å². The molecule has 0 fully saturated rings. The summed E-state index contributed by atoms with van der Waals surface area (Å²) >= 11 is 0. The number of hydrogen-bond acceptors (Lipinski definition) is 4. The Morgan fingerprint density at radius 3 is 2.56 bits per heavy atom. The molecule has 3 rings (SSSR count). The Morgan fingerprint density at radius 1 is 1.00 bits per heavy atom. The molecule has 3 aromatic carbocycles. The summed E-state index contributed by atoms with van der Waals surface area (Å²) < 4.78 is 5.08. The maximum atomic E-state index is 12.0. The monoisotopic (exact) mass is 364 g/mol. The lowest BCUT2D eigenvalue weighted by Gasteiger charge is -2.14. The van der Waals surface area contributed by atoms with Crippen molar-refractivity contribution in [1.29, 1.82) is 0 Å². The zero-order chi connectivity index (χ0) is 19.2. The van der Waals surface area contributed by atoms with Gasteiger partial charge in [0.05, 0.1) is 13.2 Å². The molecule has 0 saturated heterocycles. The molecule has 1 unspecified atom stereocenters. The molecule has 0 heterocycles. The fraction of sp³-hybridized carbons (Fsp3) is 0.143. The van der Waals surface area contributed by atoms with E-state index in [1.54, 1.807) is 30.3 Å². The number of methoxy groups -OCH3 is 1. The van der Waals surface area contributed by atoms with Gasteiger partial charge in [-0.1, -0.05) is 48.5 Å². The Morgan fingerprint density at radius 2 is 1.74 bits per heavy atom. The number of anilines is 1. The van der Waals surface area contributed by atoms with Crippen LogP contribution in [0.2, 0.25) is 0 Å². The first-order chi connectivity index (χ1) is 13.1. The Labute approximate surface area is 156 Å². The minimum absolute atomic E-state index is 0.0711. The Kier molecular flexibility index (Phi) is 5.68. The number of fused-ring (bicyclic) bond motifs is 1. The normalized spacial score (nSPS) is 11.6. The third-order valence-electron chi connectivity index (χ3n) is 4.17. The van der Waals surface area contributed by atoms with Gasteiger partial charge in [0.15, 0.2) is 0 Å². The maximum absolute atomic E-state index is 12.0. The Bertz CT molecular complexity index is 966. The summed E-state index contributed by atoms with van der Waals surface area (Å²) in [7, 11) is 1.52. The average molecular weight is 364 g/mol. The van der Waals surface area contributed by atoms with Crippen LogP contribution in [-0.2, 0) is 9.59 Å². The molecule has 1 atom stereocenters. The van der Waals surface area contributed by atoms with E-state index >= 15 is 0 Å². The lowest BCUT2D eigenvalue weighted by molar-refractivity contribution is -0.136. The number of amides is 2. The first-order valence-corrected chi connectivity index (χ1v) is 8.47. The summed E-state index contributed by atoms with van der Waals surface area (Å²) in [5.41, 5.74) is 1.14. The minimum Gasteiger partial charge on any atom is -0.497 e. The van der Waals surface area contributed by atoms with Crippen molar-refractivity contribution in [3.8, 4) is 5.75 Å². The lowest BCUT2D eigenvalue weighted by Crippen LogP contribution is -2.37. The van der Waals surface area contributed by atoms with Gasteiger partial charge >= 0.3 is 11.8 Å². The van der Waals surface area contributed by atoms with Gasteiger partial charge in [0.25, 0.3) is 0 Å². The van der Waals surface area contributed by atoms with Crippen molar-refractivity contribution >= 4 is 28.3 Å². The number of carbonyl (C=O) groups is 2. The van der Waals surface area contributed by atoms with E-state index in [1.807, 2.05) is 36.4 Å². The fourth-order valence-corrected chi connectivity index (χ4v) is 2.81. The van der Waals surface area contributed by atoms with Crippen LogP contribution in [0.4, 0.5) is 5.69 Å². The highest BCUT2D eigenvalue weighted by molar-refractivity contribution is 6.39. The van der Waals surface area contributed by atoms with Crippen LogP contribution in [0.25, 0.3) is 10.8 Å². The van der Waals surface area contributed by atoms with Crippen molar-refractivity contribution in [1.82, 2.24) is 5.32 Å². The molecule has 27 heavy (non-hydrogen) atoms. The molecule has 0 aliphatic carbocycles. The zero-order valence-electron chi connectivity index (χ0n) is 14.8. The maximum Gasteiger partial charge on any atom is 0.313 e. The molecule has 3 N–H and O–H groups in total. The number of hydrogen-bond donors (Lipinski definition) is 3.